The van der Waals surface area contributed by atoms with Crippen LogP contribution in [0, 0.1) is 6.92 Å². The zero-order valence-electron chi connectivity index (χ0n) is 8.70. The summed E-state index contributed by atoms with van der Waals surface area (Å²) in [5.74, 6) is 0.230. The molecule has 13 heavy (non-hydrogen) atoms. The average molecular weight is 179 g/mol. The Balaban J connectivity index is 0.000000671. The summed E-state index contributed by atoms with van der Waals surface area (Å²) in [5.41, 5.74) is 1.54. The summed E-state index contributed by atoms with van der Waals surface area (Å²) in [7, 11) is 0. The van der Waals surface area contributed by atoms with E-state index in [1.807, 2.05) is 33.8 Å². The summed E-state index contributed by atoms with van der Waals surface area (Å²) in [4.78, 5) is 4.13. The molecule has 1 N–H and O–H groups in total. The van der Waals surface area contributed by atoms with Gasteiger partial charge in [0, 0.05) is 5.69 Å². The fourth-order valence-electron chi connectivity index (χ4n) is 0.850. The molecule has 0 aliphatic carbocycles. The third-order valence-corrected chi connectivity index (χ3v) is 1.37. The smallest absolute Gasteiger partial charge is 0.141 e. The van der Waals surface area contributed by atoms with Gasteiger partial charge in [-0.2, -0.15) is 0 Å². The number of nitrogens with zero attached hydrogens (tertiary/aromatic N) is 1. The lowest BCUT2D eigenvalue weighted by Gasteiger charge is -1.98. The Kier molecular flexibility index (Phi) is 5.60. The van der Waals surface area contributed by atoms with Crippen LogP contribution in [0.1, 0.15) is 32.2 Å². The van der Waals surface area contributed by atoms with Gasteiger partial charge in [-0.25, -0.2) is 4.98 Å². The summed E-state index contributed by atoms with van der Waals surface area (Å²) in [6.45, 7) is 7.79. The van der Waals surface area contributed by atoms with E-state index in [1.165, 1.54) is 0 Å². The fraction of sp³-hybridized carbons (Fsp3) is 0.364. The van der Waals surface area contributed by atoms with Crippen molar-refractivity contribution in [3.8, 4) is 5.75 Å². The van der Waals surface area contributed by atoms with E-state index < -0.39 is 0 Å². The molecule has 0 atom stereocenters. The number of aromatic nitrogens is 1. The number of aryl methyl sites for hydroxylation is 1. The minimum Gasteiger partial charge on any atom is -0.506 e. The first-order chi connectivity index (χ1) is 6.24. The molecule has 0 amide bonds. The van der Waals surface area contributed by atoms with E-state index in [2.05, 4.69) is 4.98 Å². The molecule has 0 aromatic carbocycles. The second-order valence-corrected chi connectivity index (χ2v) is 2.36. The van der Waals surface area contributed by atoms with Crippen molar-refractivity contribution in [1.29, 1.82) is 0 Å². The lowest BCUT2D eigenvalue weighted by Crippen LogP contribution is -1.84. The van der Waals surface area contributed by atoms with E-state index in [0.717, 1.165) is 5.69 Å². The van der Waals surface area contributed by atoms with Crippen molar-refractivity contribution in [3.05, 3.63) is 29.6 Å². The van der Waals surface area contributed by atoms with Crippen molar-refractivity contribution < 1.29 is 5.11 Å². The Bertz CT molecular complexity index is 279. The predicted octanol–water partition coefficient (Wildman–Crippen LogP) is 3.15. The zero-order valence-corrected chi connectivity index (χ0v) is 8.70. The Hall–Kier alpha value is -1.31. The van der Waals surface area contributed by atoms with Crippen molar-refractivity contribution in [1.82, 2.24) is 4.98 Å². The van der Waals surface area contributed by atoms with Crippen LogP contribution in [-0.4, -0.2) is 10.1 Å². The van der Waals surface area contributed by atoms with Crippen LogP contribution >= 0.6 is 0 Å². The maximum Gasteiger partial charge on any atom is 0.141 e. The van der Waals surface area contributed by atoms with Crippen molar-refractivity contribution in [2.75, 3.05) is 0 Å². The minimum absolute atomic E-state index is 0.230. The van der Waals surface area contributed by atoms with E-state index in [9.17, 15) is 5.11 Å². The van der Waals surface area contributed by atoms with Crippen LogP contribution in [0.15, 0.2) is 18.2 Å². The molecule has 0 radical (unpaired) electrons. The molecule has 0 saturated carbocycles. The zero-order chi connectivity index (χ0) is 10.3. The van der Waals surface area contributed by atoms with E-state index in [0.29, 0.717) is 5.69 Å². The van der Waals surface area contributed by atoms with Crippen LogP contribution in [0.5, 0.6) is 5.75 Å². The van der Waals surface area contributed by atoms with Crippen LogP contribution in [0.4, 0.5) is 0 Å². The Morgan fingerprint density at radius 3 is 2.46 bits per heavy atom. The summed E-state index contributed by atoms with van der Waals surface area (Å²) >= 11 is 0. The van der Waals surface area contributed by atoms with Crippen molar-refractivity contribution >= 4 is 6.08 Å². The molecule has 2 nitrogen and oxygen atoms in total. The minimum atomic E-state index is 0.230. The monoisotopic (exact) mass is 179 g/mol. The topological polar surface area (TPSA) is 33.1 Å². The summed E-state index contributed by atoms with van der Waals surface area (Å²) in [6, 6.07) is 3.43. The molecule has 0 aliphatic heterocycles. The molecule has 0 unspecified atom stereocenters. The average Bonchev–Trinajstić information content (AvgIpc) is 2.15. The van der Waals surface area contributed by atoms with Crippen molar-refractivity contribution in [2.24, 2.45) is 0 Å². The highest BCUT2D eigenvalue weighted by Crippen LogP contribution is 2.15. The molecule has 0 spiro atoms. The summed E-state index contributed by atoms with van der Waals surface area (Å²) in [5, 5.41) is 9.25. The first-order valence-corrected chi connectivity index (χ1v) is 4.53. The molecular weight excluding hydrogens is 162 g/mol. The van der Waals surface area contributed by atoms with E-state index in [4.69, 9.17) is 0 Å². The van der Waals surface area contributed by atoms with Gasteiger partial charge in [0.05, 0.1) is 0 Å². The fourth-order valence-corrected chi connectivity index (χ4v) is 0.850. The molecule has 72 valence electrons. The van der Waals surface area contributed by atoms with Crippen LogP contribution in [0.2, 0.25) is 0 Å². The van der Waals surface area contributed by atoms with Crippen molar-refractivity contribution in [3.63, 3.8) is 0 Å². The van der Waals surface area contributed by atoms with Gasteiger partial charge in [-0.3, -0.25) is 0 Å². The highest BCUT2D eigenvalue weighted by Gasteiger charge is 1.96. The maximum atomic E-state index is 9.25. The number of rotatable bonds is 1. The van der Waals surface area contributed by atoms with Crippen LogP contribution in [0.3, 0.4) is 0 Å². The second kappa shape index (κ2) is 6.23. The molecule has 1 rings (SSSR count). The van der Waals surface area contributed by atoms with Crippen LogP contribution in [-0.2, 0) is 0 Å². The molecule has 2 heteroatoms. The van der Waals surface area contributed by atoms with Gasteiger partial charge in [-0.1, -0.05) is 19.9 Å². The summed E-state index contributed by atoms with van der Waals surface area (Å²) in [6.07, 6.45) is 3.63. The van der Waals surface area contributed by atoms with Gasteiger partial charge in [-0.15, -0.1) is 0 Å². The lowest BCUT2D eigenvalue weighted by molar-refractivity contribution is 0.471. The van der Waals surface area contributed by atoms with Gasteiger partial charge < -0.3 is 5.11 Å². The molecule has 0 bridgehead atoms. The van der Waals surface area contributed by atoms with Crippen LogP contribution < -0.4 is 0 Å². The molecule has 0 aliphatic rings. The van der Waals surface area contributed by atoms with Gasteiger partial charge in [0.2, 0.25) is 0 Å². The first kappa shape index (κ1) is 11.7. The first-order valence-electron chi connectivity index (χ1n) is 4.53. The van der Waals surface area contributed by atoms with Gasteiger partial charge in [-0.05, 0) is 32.1 Å². The van der Waals surface area contributed by atoms with Gasteiger partial charge in [0.1, 0.15) is 11.4 Å². The number of hydrogen-bond acceptors (Lipinski definition) is 2. The number of pyridine rings is 1. The quantitative estimate of drug-likeness (QED) is 0.718. The van der Waals surface area contributed by atoms with E-state index in [1.54, 1.807) is 18.2 Å². The molecule has 1 heterocycles. The number of hydrogen-bond donors (Lipinski definition) is 1. The molecule has 0 fully saturated rings. The predicted molar refractivity (Wildman–Crippen MR) is 56.7 cm³/mol. The normalized spacial score (nSPS) is 9.54. The molecule has 1 aromatic rings. The second-order valence-electron chi connectivity index (χ2n) is 2.36. The molecule has 1 aromatic heterocycles. The highest BCUT2D eigenvalue weighted by atomic mass is 16.3. The SMILES string of the molecule is C/C=C/c1nc(C)ccc1O.CC. The largest absolute Gasteiger partial charge is 0.506 e. The Morgan fingerprint density at radius 2 is 1.92 bits per heavy atom. The molecule has 0 saturated heterocycles. The number of aromatic hydroxyl groups is 1. The Morgan fingerprint density at radius 1 is 1.31 bits per heavy atom. The third kappa shape index (κ3) is 3.74. The number of allylic oxidation sites excluding steroid dienone is 1. The lowest BCUT2D eigenvalue weighted by atomic mass is 10.2. The maximum absolute atomic E-state index is 9.25. The highest BCUT2D eigenvalue weighted by molar-refractivity contribution is 5.52. The molecular formula is C11H17NO. The van der Waals surface area contributed by atoms with Gasteiger partial charge in [0.15, 0.2) is 0 Å². The Labute approximate surface area is 80.0 Å². The van der Waals surface area contributed by atoms with E-state index >= 15 is 0 Å². The standard InChI is InChI=1S/C9H11NO.C2H6/c1-3-4-8-9(11)6-5-7(2)10-8;1-2/h3-6,11H,1-2H3;1-2H3/b4-3+;. The van der Waals surface area contributed by atoms with Gasteiger partial charge >= 0.3 is 0 Å². The van der Waals surface area contributed by atoms with Crippen LogP contribution in [0.25, 0.3) is 6.08 Å². The van der Waals surface area contributed by atoms with Crippen molar-refractivity contribution in [2.45, 2.75) is 27.7 Å². The third-order valence-electron chi connectivity index (χ3n) is 1.37. The van der Waals surface area contributed by atoms with E-state index in [-0.39, 0.29) is 5.75 Å². The summed E-state index contributed by atoms with van der Waals surface area (Å²) < 4.78 is 0. The van der Waals surface area contributed by atoms with Gasteiger partial charge in [0.25, 0.3) is 0 Å².